The van der Waals surface area contributed by atoms with Crippen LogP contribution in [-0.4, -0.2) is 9.13 Å². The minimum atomic E-state index is 0.0394. The third-order valence-corrected chi connectivity index (χ3v) is 11.4. The predicted octanol–water partition coefficient (Wildman–Crippen LogP) is 14.5. The molecule has 0 fully saturated rings. The van der Waals surface area contributed by atoms with E-state index in [1.54, 1.807) is 12.2 Å². The van der Waals surface area contributed by atoms with Crippen LogP contribution in [0, 0.1) is 22.7 Å². The summed E-state index contributed by atoms with van der Waals surface area (Å²) in [5.74, 6) is 1.10. The Labute approximate surface area is 340 Å². The second kappa shape index (κ2) is 17.6. The van der Waals surface area contributed by atoms with Crippen molar-refractivity contribution >= 4 is 87.6 Å². The minimum absolute atomic E-state index is 0.0394. The molecule has 1 aliphatic rings. The average Bonchev–Trinajstić information content (AvgIpc) is 3.67. The van der Waals surface area contributed by atoms with Crippen LogP contribution in [0.4, 0.5) is 0 Å². The number of nitrogens with zero attached hydrogens (tertiary/aromatic N) is 4. The molecule has 276 valence electrons. The second-order valence-electron chi connectivity index (χ2n) is 14.2. The second-order valence-corrected chi connectivity index (χ2v) is 16.0. The first-order chi connectivity index (χ1) is 26.9. The number of ether oxygens (including phenoxy) is 1. The lowest BCUT2D eigenvalue weighted by molar-refractivity contribution is 0.332. The number of benzene rings is 4. The summed E-state index contributed by atoms with van der Waals surface area (Å²) in [6.07, 6.45) is 21.1. The Kier molecular flexibility index (Phi) is 12.2. The first-order valence-electron chi connectivity index (χ1n) is 19.4. The number of nitriles is 2. The SMILES string of the molecule is CCCCCCn1c2ccc(Br)cc2c2cc(/C=C/C3=CC(=C(C#N)C#N)C=C(/C=C/c4ccc5c(c4)c4cc(Br)ccc4n5CCCCCC)O3)ccc21. The maximum Gasteiger partial charge on any atom is 0.137 e. The summed E-state index contributed by atoms with van der Waals surface area (Å²) in [5.41, 5.74) is 7.56. The highest BCUT2D eigenvalue weighted by molar-refractivity contribution is 9.10. The molecule has 7 heteroatoms. The van der Waals surface area contributed by atoms with Gasteiger partial charge in [-0.25, -0.2) is 0 Å². The zero-order valence-corrected chi connectivity index (χ0v) is 34.6. The van der Waals surface area contributed by atoms with E-state index in [1.165, 1.54) is 82.1 Å². The quantitative estimate of drug-likeness (QED) is 0.0810. The molecular weight excluding hydrogens is 808 g/mol. The normalized spacial score (nSPS) is 13.2. The lowest BCUT2D eigenvalue weighted by atomic mass is 10.0. The van der Waals surface area contributed by atoms with E-state index in [-0.39, 0.29) is 5.57 Å². The van der Waals surface area contributed by atoms with Gasteiger partial charge in [0, 0.05) is 71.2 Å². The van der Waals surface area contributed by atoms with Crippen LogP contribution < -0.4 is 0 Å². The van der Waals surface area contributed by atoms with Crippen molar-refractivity contribution in [3.8, 4) is 12.1 Å². The van der Waals surface area contributed by atoms with Crippen LogP contribution >= 0.6 is 31.9 Å². The molecule has 6 aromatic rings. The Morgan fingerprint density at radius 3 is 1.40 bits per heavy atom. The van der Waals surface area contributed by atoms with Gasteiger partial charge in [0.15, 0.2) is 0 Å². The highest BCUT2D eigenvalue weighted by Gasteiger charge is 2.15. The Hall–Kier alpha value is -5.08. The van der Waals surface area contributed by atoms with Gasteiger partial charge >= 0.3 is 0 Å². The van der Waals surface area contributed by atoms with Crippen LogP contribution in [0.5, 0.6) is 0 Å². The molecular formula is C48H44Br2N4O. The van der Waals surface area contributed by atoms with Crippen molar-refractivity contribution in [3.05, 3.63) is 140 Å². The van der Waals surface area contributed by atoms with E-state index in [0.717, 1.165) is 46.0 Å². The standard InChI is InChI=1S/C48H44Br2N4O/c1-3-5-7-9-23-53-45-19-13-33(25-41(45)43-29-37(49)15-21-47(43)53)11-17-39-27-35(36(31-51)32-52)28-40(55-39)18-12-34-14-20-46-42(26-34)44-30-38(50)16-22-48(44)54(46)24-10-8-6-4-2/h11-22,25-30H,3-10,23-24H2,1-2H3/b17-11+,18-12+. The number of allylic oxidation sites excluding steroid dienone is 6. The van der Waals surface area contributed by atoms with E-state index in [4.69, 9.17) is 4.74 Å². The number of rotatable bonds is 14. The van der Waals surface area contributed by atoms with Crippen molar-refractivity contribution in [2.75, 3.05) is 0 Å². The van der Waals surface area contributed by atoms with E-state index >= 15 is 0 Å². The van der Waals surface area contributed by atoms with Crippen LogP contribution in [0.25, 0.3) is 55.8 Å². The van der Waals surface area contributed by atoms with Gasteiger partial charge in [0.2, 0.25) is 0 Å². The smallest absolute Gasteiger partial charge is 0.137 e. The van der Waals surface area contributed by atoms with Crippen LogP contribution in [0.3, 0.4) is 0 Å². The average molecular weight is 853 g/mol. The summed E-state index contributed by atoms with van der Waals surface area (Å²) in [5, 5.41) is 24.4. The number of hydrogen-bond acceptors (Lipinski definition) is 3. The summed E-state index contributed by atoms with van der Waals surface area (Å²) in [6.45, 7) is 6.47. The van der Waals surface area contributed by atoms with Gasteiger partial charge < -0.3 is 13.9 Å². The Morgan fingerprint density at radius 1 is 0.564 bits per heavy atom. The number of hydrogen-bond donors (Lipinski definition) is 0. The molecule has 3 heterocycles. The molecule has 0 bridgehead atoms. The van der Waals surface area contributed by atoms with Crippen LogP contribution in [0.2, 0.25) is 0 Å². The monoisotopic (exact) mass is 850 g/mol. The predicted molar refractivity (Wildman–Crippen MR) is 236 cm³/mol. The van der Waals surface area contributed by atoms with Gasteiger partial charge in [0.1, 0.15) is 29.2 Å². The zero-order chi connectivity index (χ0) is 38.3. The number of unbranched alkanes of at least 4 members (excludes halogenated alkanes) is 6. The molecule has 0 unspecified atom stereocenters. The number of aromatic nitrogens is 2. The molecule has 7 rings (SSSR count). The first-order valence-corrected chi connectivity index (χ1v) is 20.9. The maximum atomic E-state index is 9.77. The summed E-state index contributed by atoms with van der Waals surface area (Å²) in [6, 6.07) is 30.3. The van der Waals surface area contributed by atoms with Gasteiger partial charge in [-0.15, -0.1) is 0 Å². The van der Waals surface area contributed by atoms with E-state index in [2.05, 4.69) is 140 Å². The first kappa shape index (κ1) is 38.2. The van der Waals surface area contributed by atoms with E-state index in [1.807, 2.05) is 24.3 Å². The largest absolute Gasteiger partial charge is 0.457 e. The molecule has 0 aliphatic carbocycles. The van der Waals surface area contributed by atoms with Crippen molar-refractivity contribution in [2.45, 2.75) is 78.3 Å². The van der Waals surface area contributed by atoms with E-state index in [0.29, 0.717) is 17.1 Å². The third kappa shape index (κ3) is 8.45. The highest BCUT2D eigenvalue weighted by atomic mass is 79.9. The van der Waals surface area contributed by atoms with Crippen molar-refractivity contribution in [3.63, 3.8) is 0 Å². The Morgan fingerprint density at radius 2 is 0.982 bits per heavy atom. The lowest BCUT2D eigenvalue weighted by Gasteiger charge is -2.14. The lowest BCUT2D eigenvalue weighted by Crippen LogP contribution is -1.98. The van der Waals surface area contributed by atoms with Crippen LogP contribution in [0.15, 0.2) is 129 Å². The van der Waals surface area contributed by atoms with Crippen LogP contribution in [-0.2, 0) is 17.8 Å². The molecule has 1 aliphatic heterocycles. The fourth-order valence-corrected chi connectivity index (χ4v) is 8.36. The molecule has 5 nitrogen and oxygen atoms in total. The third-order valence-electron chi connectivity index (χ3n) is 10.4. The van der Waals surface area contributed by atoms with Crippen LogP contribution in [0.1, 0.15) is 76.3 Å². The molecule has 0 atom stereocenters. The molecule has 0 radical (unpaired) electrons. The van der Waals surface area contributed by atoms with E-state index < -0.39 is 0 Å². The highest BCUT2D eigenvalue weighted by Crippen LogP contribution is 2.35. The van der Waals surface area contributed by atoms with Gasteiger partial charge in [0.05, 0.1) is 0 Å². The van der Waals surface area contributed by atoms with E-state index in [9.17, 15) is 10.5 Å². The number of fused-ring (bicyclic) bond motifs is 6. The van der Waals surface area contributed by atoms with Crippen molar-refractivity contribution in [2.24, 2.45) is 0 Å². The fourth-order valence-electron chi connectivity index (χ4n) is 7.63. The van der Waals surface area contributed by atoms with Gasteiger partial charge in [-0.2, -0.15) is 10.5 Å². The van der Waals surface area contributed by atoms with Crippen molar-refractivity contribution < 1.29 is 4.74 Å². The molecule has 0 N–H and O–H groups in total. The van der Waals surface area contributed by atoms with Gasteiger partial charge in [-0.05, 0) is 109 Å². The topological polar surface area (TPSA) is 66.7 Å². The van der Waals surface area contributed by atoms with Crippen molar-refractivity contribution in [1.29, 1.82) is 10.5 Å². The number of halogens is 2. The van der Waals surface area contributed by atoms with Crippen molar-refractivity contribution in [1.82, 2.24) is 9.13 Å². The summed E-state index contributed by atoms with van der Waals surface area (Å²) >= 11 is 7.38. The molecule has 0 spiro atoms. The molecule has 2 aromatic heterocycles. The van der Waals surface area contributed by atoms with Gasteiger partial charge in [-0.3, -0.25) is 0 Å². The van der Waals surface area contributed by atoms with Gasteiger partial charge in [-0.1, -0.05) is 109 Å². The molecule has 55 heavy (non-hydrogen) atoms. The maximum absolute atomic E-state index is 9.77. The minimum Gasteiger partial charge on any atom is -0.457 e. The summed E-state index contributed by atoms with van der Waals surface area (Å²) in [4.78, 5) is 0. The fraction of sp³-hybridized carbons (Fsp3) is 0.250. The molecule has 0 amide bonds. The van der Waals surface area contributed by atoms with Gasteiger partial charge in [0.25, 0.3) is 0 Å². The summed E-state index contributed by atoms with van der Waals surface area (Å²) in [7, 11) is 0. The Balaban J connectivity index is 1.17. The number of aryl methyl sites for hydroxylation is 2. The molecule has 0 saturated heterocycles. The molecule has 4 aromatic carbocycles. The Bertz CT molecular complexity index is 2470. The molecule has 0 saturated carbocycles. The summed E-state index contributed by atoms with van der Waals surface area (Å²) < 4.78 is 13.4. The zero-order valence-electron chi connectivity index (χ0n) is 31.4.